The Balaban J connectivity index is 0.00000127. The average Bonchev–Trinajstić information content (AvgIpc) is 3.26. The number of pyridine rings is 1. The van der Waals surface area contributed by atoms with Crippen molar-refractivity contribution in [2.24, 2.45) is 0 Å². The summed E-state index contributed by atoms with van der Waals surface area (Å²) in [5, 5.41) is 0.752. The van der Waals surface area contributed by atoms with Gasteiger partial charge >= 0.3 is 0 Å². The number of nitrogens with one attached hydrogen (secondary N) is 1. The van der Waals surface area contributed by atoms with Gasteiger partial charge in [0.2, 0.25) is 0 Å². The van der Waals surface area contributed by atoms with Gasteiger partial charge in [-0.05, 0) is 66.8 Å². The minimum atomic E-state index is -3.85. The van der Waals surface area contributed by atoms with Crippen LogP contribution in [0.4, 0.5) is 5.69 Å². The maximum absolute atomic E-state index is 13.3. The number of rotatable bonds is 9. The van der Waals surface area contributed by atoms with Gasteiger partial charge < -0.3 is 4.90 Å². The van der Waals surface area contributed by atoms with Crippen molar-refractivity contribution in [1.82, 2.24) is 14.8 Å². The minimum Gasteiger partial charge on any atom is -0.337 e. The summed E-state index contributed by atoms with van der Waals surface area (Å²) in [4.78, 5) is 21.9. The molecule has 230 valence electrons. The van der Waals surface area contributed by atoms with Crippen LogP contribution < -0.4 is 4.72 Å². The van der Waals surface area contributed by atoms with Crippen molar-refractivity contribution < 1.29 is 14.6 Å². The van der Waals surface area contributed by atoms with E-state index >= 15 is 0 Å². The fraction of sp³-hybridized carbons (Fsp3) is 0.371. The number of amides is 1. The third-order valence-corrected chi connectivity index (χ3v) is 8.81. The van der Waals surface area contributed by atoms with Gasteiger partial charge in [-0.2, -0.15) is 0 Å². The third-order valence-electron chi connectivity index (χ3n) is 7.39. The zero-order chi connectivity index (χ0) is 30.7. The molecule has 7 nitrogen and oxygen atoms in total. The summed E-state index contributed by atoms with van der Waals surface area (Å²) in [6, 6.07) is 24.2. The number of para-hydroxylation sites is 1. The van der Waals surface area contributed by atoms with E-state index in [1.807, 2.05) is 17.0 Å². The van der Waals surface area contributed by atoms with Crippen molar-refractivity contribution in [2.75, 3.05) is 30.9 Å². The molecule has 8 heteroatoms. The van der Waals surface area contributed by atoms with Gasteiger partial charge in [-0.15, -0.1) is 0 Å². The number of aromatic nitrogens is 1. The van der Waals surface area contributed by atoms with E-state index < -0.39 is 10.0 Å². The molecule has 5 rings (SSSR count). The lowest BCUT2D eigenvalue weighted by atomic mass is 10.1. The monoisotopic (exact) mass is 602 g/mol. The summed E-state index contributed by atoms with van der Waals surface area (Å²) in [5.74, 6) is -0.0326. The van der Waals surface area contributed by atoms with Crippen molar-refractivity contribution >= 4 is 32.5 Å². The van der Waals surface area contributed by atoms with Crippen LogP contribution in [0.1, 0.15) is 69.4 Å². The number of nitrogens with zero attached hydrogens (tertiary/aromatic N) is 3. The average molecular weight is 603 g/mol. The van der Waals surface area contributed by atoms with Gasteiger partial charge in [-0.25, -0.2) is 8.42 Å². The molecule has 43 heavy (non-hydrogen) atoms. The number of aryl methyl sites for hydroxylation is 1. The predicted octanol–water partition coefficient (Wildman–Crippen LogP) is 7.39. The normalized spacial score (nSPS) is 14.1. The Labute approximate surface area is 258 Å². The largest absolute Gasteiger partial charge is 0.337 e. The number of carbonyl (C=O) groups is 1. The molecule has 0 radical (unpaired) electrons. The van der Waals surface area contributed by atoms with Gasteiger partial charge in [-0.3, -0.25) is 19.4 Å². The van der Waals surface area contributed by atoms with E-state index in [0.29, 0.717) is 29.9 Å². The highest BCUT2D eigenvalue weighted by atomic mass is 32.2. The van der Waals surface area contributed by atoms with Gasteiger partial charge in [0.25, 0.3) is 15.9 Å². The van der Waals surface area contributed by atoms with Crippen LogP contribution in [-0.2, 0) is 23.0 Å². The lowest BCUT2D eigenvalue weighted by molar-refractivity contribution is 0.0761. The second-order valence-corrected chi connectivity index (χ2v) is 12.7. The Morgan fingerprint density at radius 2 is 1.56 bits per heavy atom. The molecular weight excluding hydrogens is 556 g/mol. The van der Waals surface area contributed by atoms with Gasteiger partial charge in [0.05, 0.1) is 5.52 Å². The molecule has 2 heterocycles. The van der Waals surface area contributed by atoms with Crippen LogP contribution in [-0.4, -0.2) is 55.3 Å². The maximum atomic E-state index is 13.3. The fourth-order valence-electron chi connectivity index (χ4n) is 5.15. The first kappa shape index (κ1) is 32.2. The lowest BCUT2D eigenvalue weighted by Gasteiger charge is -2.22. The molecule has 3 aromatic carbocycles. The Morgan fingerprint density at radius 1 is 0.860 bits per heavy atom. The first-order chi connectivity index (χ1) is 20.8. The van der Waals surface area contributed by atoms with Crippen LogP contribution >= 0.6 is 0 Å². The lowest BCUT2D eigenvalue weighted by Crippen LogP contribution is -2.35. The molecular formula is C35H46N4O3S. The summed E-state index contributed by atoms with van der Waals surface area (Å²) < 4.78 is 28.8. The number of anilines is 1. The number of sulfonamides is 1. The molecule has 0 saturated carbocycles. The molecule has 1 fully saturated rings. The summed E-state index contributed by atoms with van der Waals surface area (Å²) in [6.07, 6.45) is 7.30. The Hall–Kier alpha value is -3.75. The molecule has 0 aliphatic carbocycles. The highest BCUT2D eigenvalue weighted by Crippen LogP contribution is 2.24. The first-order valence-corrected chi connectivity index (χ1v) is 16.9. The number of benzene rings is 3. The smallest absolute Gasteiger partial charge is 0.264 e. The van der Waals surface area contributed by atoms with Crippen LogP contribution in [0.5, 0.6) is 0 Å². The molecule has 0 bridgehead atoms. The molecule has 0 unspecified atom stereocenters. The van der Waals surface area contributed by atoms with E-state index in [9.17, 15) is 13.2 Å². The molecule has 0 spiro atoms. The van der Waals surface area contributed by atoms with Crippen LogP contribution in [0.15, 0.2) is 90.0 Å². The van der Waals surface area contributed by atoms with Crippen molar-refractivity contribution in [3.63, 3.8) is 0 Å². The standard InChI is InChI=1S/C32H36N4O3S.C3H8.H2/c1-2-3-7-25-11-13-26(14-12-25)24-35-20-6-21-36(23-22-35)32(37)28-15-17-29(18-16-28)34-40(38,39)30-10-4-8-27-9-5-19-33-31(27)30;1-3-2;/h4-5,8-19,34H,2-3,6-7,20-24H2,1H3;3H2,1-2H3;1H. The molecule has 1 aliphatic heterocycles. The predicted molar refractivity (Wildman–Crippen MR) is 178 cm³/mol. The highest BCUT2D eigenvalue weighted by Gasteiger charge is 2.22. The Bertz CT molecular complexity index is 1570. The molecule has 1 amide bonds. The van der Waals surface area contributed by atoms with Gasteiger partial charge in [-0.1, -0.05) is 76.1 Å². The SMILES string of the molecule is CCC.CCCCc1ccc(CN2CCCN(C(=O)c3ccc(NS(=O)(=O)c4cccc5cccnc45)cc3)CC2)cc1.[HH]. The Kier molecular flexibility index (Phi) is 11.7. The molecule has 4 aromatic rings. The number of fused-ring (bicyclic) bond motifs is 1. The molecule has 1 saturated heterocycles. The fourth-order valence-corrected chi connectivity index (χ4v) is 6.39. The van der Waals surface area contributed by atoms with Crippen molar-refractivity contribution in [2.45, 2.75) is 64.3 Å². The van der Waals surface area contributed by atoms with Crippen molar-refractivity contribution in [1.29, 1.82) is 0 Å². The van der Waals surface area contributed by atoms with Gasteiger partial charge in [0, 0.05) is 57.0 Å². The zero-order valence-electron chi connectivity index (χ0n) is 25.6. The minimum absolute atomic E-state index is 0. The van der Waals surface area contributed by atoms with Crippen molar-refractivity contribution in [3.8, 4) is 0 Å². The molecule has 1 aliphatic rings. The van der Waals surface area contributed by atoms with E-state index in [1.54, 1.807) is 48.7 Å². The third kappa shape index (κ3) is 8.88. The summed E-state index contributed by atoms with van der Waals surface area (Å²) in [7, 11) is -3.85. The number of hydrogen-bond donors (Lipinski definition) is 1. The van der Waals surface area contributed by atoms with E-state index in [-0.39, 0.29) is 12.2 Å². The number of hydrogen-bond acceptors (Lipinski definition) is 5. The van der Waals surface area contributed by atoms with E-state index in [0.717, 1.165) is 37.9 Å². The summed E-state index contributed by atoms with van der Waals surface area (Å²) in [6.45, 7) is 10.5. The maximum Gasteiger partial charge on any atom is 0.264 e. The first-order valence-electron chi connectivity index (χ1n) is 15.4. The molecule has 0 atom stereocenters. The van der Waals surface area contributed by atoms with E-state index in [4.69, 9.17) is 0 Å². The van der Waals surface area contributed by atoms with Crippen LogP contribution in [0.25, 0.3) is 10.9 Å². The Morgan fingerprint density at radius 3 is 2.28 bits per heavy atom. The van der Waals surface area contributed by atoms with Crippen molar-refractivity contribution in [3.05, 3.63) is 102 Å². The highest BCUT2D eigenvalue weighted by molar-refractivity contribution is 7.93. The zero-order valence-corrected chi connectivity index (χ0v) is 26.4. The van der Waals surface area contributed by atoms with Gasteiger partial charge in [0.15, 0.2) is 0 Å². The van der Waals surface area contributed by atoms with Crippen LogP contribution in [0.2, 0.25) is 0 Å². The number of carbonyl (C=O) groups excluding carboxylic acids is 1. The van der Waals surface area contributed by atoms with E-state index in [1.165, 1.54) is 30.4 Å². The second-order valence-electron chi connectivity index (χ2n) is 11.1. The van der Waals surface area contributed by atoms with Gasteiger partial charge in [0.1, 0.15) is 4.90 Å². The molecule has 1 N–H and O–H groups in total. The van der Waals surface area contributed by atoms with E-state index in [2.05, 4.69) is 59.6 Å². The topological polar surface area (TPSA) is 82.6 Å². The quantitative estimate of drug-likeness (QED) is 0.216. The summed E-state index contributed by atoms with van der Waals surface area (Å²) in [5.41, 5.74) is 4.06. The van der Waals surface area contributed by atoms with Crippen LogP contribution in [0, 0.1) is 0 Å². The van der Waals surface area contributed by atoms with Crippen LogP contribution in [0.3, 0.4) is 0 Å². The number of unbranched alkanes of at least 4 members (excludes halogenated alkanes) is 1. The summed E-state index contributed by atoms with van der Waals surface area (Å²) >= 11 is 0. The molecule has 1 aromatic heterocycles. The second kappa shape index (κ2) is 15.6.